The second kappa shape index (κ2) is 31.0. The average molecular weight is 673 g/mol. The minimum Gasteiger partial charge on any atom is -0.484 e. The zero-order valence-electron chi connectivity index (χ0n) is 29.5. The van der Waals surface area contributed by atoms with Gasteiger partial charge in [-0.15, -0.1) is 0 Å². The van der Waals surface area contributed by atoms with Crippen LogP contribution in [0.2, 0.25) is 0 Å². The van der Waals surface area contributed by atoms with Crippen molar-refractivity contribution in [1.82, 2.24) is 0 Å². The zero-order valence-corrected chi connectivity index (χ0v) is 31.1. The summed E-state index contributed by atoms with van der Waals surface area (Å²) in [7, 11) is 0. The highest BCUT2D eigenvalue weighted by molar-refractivity contribution is 7.80. The summed E-state index contributed by atoms with van der Waals surface area (Å²) in [6.45, 7) is 4.79. The first-order chi connectivity index (χ1) is 22.0. The molecule has 1 heterocycles. The van der Waals surface area contributed by atoms with E-state index in [9.17, 15) is 10.2 Å². The molecular weight excluding hydrogens is 601 g/mol. The van der Waals surface area contributed by atoms with Gasteiger partial charge in [0.2, 0.25) is 0 Å². The molecule has 0 aromatic rings. The Bertz CT molecular complexity index is 691. The molecule has 1 aliphatic heterocycles. The van der Waals surface area contributed by atoms with Gasteiger partial charge < -0.3 is 24.4 Å². The summed E-state index contributed by atoms with van der Waals surface area (Å²) in [5.41, 5.74) is 0. The van der Waals surface area contributed by atoms with Crippen LogP contribution < -0.4 is 0 Å². The topological polar surface area (TPSA) is 68.2 Å². The Morgan fingerprint density at radius 2 is 0.911 bits per heavy atom. The lowest BCUT2D eigenvalue weighted by atomic mass is 10.00. The second-order valence-corrected chi connectivity index (χ2v) is 14.5. The summed E-state index contributed by atoms with van der Waals surface area (Å²) >= 11 is 11.0. The van der Waals surface area contributed by atoms with Gasteiger partial charge in [-0.25, -0.2) is 0 Å². The van der Waals surface area contributed by atoms with Crippen molar-refractivity contribution in [2.24, 2.45) is 0 Å². The molecule has 2 N–H and O–H groups in total. The molecule has 0 saturated carbocycles. The minimum absolute atomic E-state index is 0.0479. The predicted molar refractivity (Wildman–Crippen MR) is 198 cm³/mol. The molecule has 0 aromatic carbocycles. The molecule has 5 nitrogen and oxygen atoms in total. The van der Waals surface area contributed by atoms with E-state index in [-0.39, 0.29) is 13.2 Å². The molecule has 1 fully saturated rings. The molecule has 0 amide bonds. The summed E-state index contributed by atoms with van der Waals surface area (Å²) in [6.07, 6.45) is 32.2. The predicted octanol–water partition coefficient (Wildman–Crippen LogP) is 11.1. The van der Waals surface area contributed by atoms with Gasteiger partial charge in [-0.3, -0.25) is 0 Å². The number of aliphatic hydroxyl groups excluding tert-OH is 2. The third-order valence-corrected chi connectivity index (χ3v) is 9.85. The summed E-state index contributed by atoms with van der Waals surface area (Å²) in [5, 5.41) is 21.9. The van der Waals surface area contributed by atoms with Gasteiger partial charge in [0.15, 0.2) is 16.2 Å². The van der Waals surface area contributed by atoms with Crippen LogP contribution in [0.5, 0.6) is 0 Å². The summed E-state index contributed by atoms with van der Waals surface area (Å²) < 4.78 is 17.6. The summed E-state index contributed by atoms with van der Waals surface area (Å²) in [6, 6.07) is 0. The van der Waals surface area contributed by atoms with Gasteiger partial charge >= 0.3 is 0 Å². The van der Waals surface area contributed by atoms with Crippen molar-refractivity contribution in [3.8, 4) is 0 Å². The molecule has 1 aliphatic rings. The van der Waals surface area contributed by atoms with Crippen LogP contribution in [0.4, 0.5) is 0 Å². The van der Waals surface area contributed by atoms with E-state index in [1.54, 1.807) is 0 Å². The van der Waals surface area contributed by atoms with E-state index >= 15 is 0 Å². The van der Waals surface area contributed by atoms with Gasteiger partial charge in [-0.1, -0.05) is 168 Å². The van der Waals surface area contributed by atoms with Crippen molar-refractivity contribution in [3.05, 3.63) is 0 Å². The van der Waals surface area contributed by atoms with Gasteiger partial charge in [0.05, 0.1) is 6.61 Å². The molecule has 0 unspecified atom stereocenters. The van der Waals surface area contributed by atoms with Crippen LogP contribution >= 0.6 is 24.4 Å². The third kappa shape index (κ3) is 24.5. The number of hydrogen-bond acceptors (Lipinski definition) is 7. The monoisotopic (exact) mass is 672 g/mol. The maximum absolute atomic E-state index is 10.6. The fourth-order valence-corrected chi connectivity index (χ4v) is 6.64. The second-order valence-electron chi connectivity index (χ2n) is 13.6. The van der Waals surface area contributed by atoms with E-state index in [2.05, 4.69) is 13.8 Å². The van der Waals surface area contributed by atoms with Gasteiger partial charge in [0.25, 0.3) is 0 Å². The van der Waals surface area contributed by atoms with E-state index in [0.717, 1.165) is 25.7 Å². The average Bonchev–Trinajstić information content (AvgIpc) is 3.03. The Kier molecular flexibility index (Phi) is 29.4. The molecule has 1 saturated heterocycles. The minimum atomic E-state index is -1.06. The molecular formula is C38H72O5S2. The first-order valence-electron chi connectivity index (χ1n) is 19.3. The Balaban J connectivity index is 2.11. The maximum atomic E-state index is 10.6. The molecule has 7 heteroatoms. The Morgan fingerprint density at radius 1 is 0.556 bits per heavy atom. The third-order valence-electron chi connectivity index (χ3n) is 9.22. The highest BCUT2D eigenvalue weighted by Gasteiger charge is 2.41. The maximum Gasteiger partial charge on any atom is 0.160 e. The molecule has 4 atom stereocenters. The summed E-state index contributed by atoms with van der Waals surface area (Å²) in [4.78, 5) is 0. The number of ether oxygens (including phenoxy) is 3. The van der Waals surface area contributed by atoms with E-state index in [1.807, 2.05) is 0 Å². The van der Waals surface area contributed by atoms with Crippen molar-refractivity contribution in [2.45, 2.75) is 218 Å². The van der Waals surface area contributed by atoms with Crippen LogP contribution in [0.15, 0.2) is 0 Å². The van der Waals surface area contributed by atoms with Crippen molar-refractivity contribution >= 4 is 34.5 Å². The van der Waals surface area contributed by atoms with Crippen LogP contribution in [0.1, 0.15) is 194 Å². The van der Waals surface area contributed by atoms with Crippen molar-refractivity contribution < 1.29 is 24.4 Å². The smallest absolute Gasteiger partial charge is 0.160 e. The molecule has 0 spiro atoms. The van der Waals surface area contributed by atoms with Gasteiger partial charge in [0, 0.05) is 12.8 Å². The van der Waals surface area contributed by atoms with Gasteiger partial charge in [0.1, 0.15) is 24.9 Å². The van der Waals surface area contributed by atoms with Gasteiger partial charge in [-0.2, -0.15) is 0 Å². The Morgan fingerprint density at radius 3 is 1.31 bits per heavy atom. The quantitative estimate of drug-likeness (QED) is 0.0561. The van der Waals surface area contributed by atoms with Crippen molar-refractivity contribution in [1.29, 1.82) is 0 Å². The fourth-order valence-electron chi connectivity index (χ4n) is 6.18. The van der Waals surface area contributed by atoms with Crippen molar-refractivity contribution in [3.63, 3.8) is 0 Å². The van der Waals surface area contributed by atoms with E-state index in [0.29, 0.717) is 16.5 Å². The number of unbranched alkanes of at least 4 members (excludes halogenated alkanes) is 24. The molecule has 0 aromatic heterocycles. The zero-order chi connectivity index (χ0) is 32.8. The number of rotatable bonds is 31. The highest BCUT2D eigenvalue weighted by Crippen LogP contribution is 2.22. The SMILES string of the molecule is CCCCCCCCCCCCCCCC(=S)OC[C@@H]1OC[C@@H](O)[C@H](O)[C@H]1OC(=S)CCCCCCCCCCCCCCC. The lowest BCUT2D eigenvalue weighted by molar-refractivity contribution is -0.189. The van der Waals surface area contributed by atoms with E-state index < -0.39 is 24.4 Å². The number of aliphatic hydroxyl groups is 2. The Labute approximate surface area is 289 Å². The fraction of sp³-hybridized carbons (Fsp3) is 0.947. The normalized spacial score (nSPS) is 19.9. The molecule has 0 aliphatic carbocycles. The summed E-state index contributed by atoms with van der Waals surface area (Å²) in [5.74, 6) is 0. The lowest BCUT2D eigenvalue weighted by Crippen LogP contribution is -2.56. The number of thiocarbonyl (C=S) groups is 2. The van der Waals surface area contributed by atoms with Crippen LogP contribution in [-0.4, -0.2) is 57.9 Å². The largest absolute Gasteiger partial charge is 0.484 e. The molecule has 45 heavy (non-hydrogen) atoms. The molecule has 266 valence electrons. The molecule has 0 radical (unpaired) electrons. The van der Waals surface area contributed by atoms with Crippen LogP contribution in [0.3, 0.4) is 0 Å². The standard InChI is InChI=1S/C38H72O5S2/c1-3-5-7-9-11-13-15-17-19-21-23-25-27-29-35(44)42-32-34-38(37(40)33(39)31-41-34)43-36(45)30-28-26-24-22-20-18-16-14-12-10-8-6-4-2/h33-34,37-40H,3-32H2,1-2H3/t33-,34+,37+,38+/m1/s1. The first-order valence-corrected chi connectivity index (χ1v) is 20.1. The van der Waals surface area contributed by atoms with Crippen molar-refractivity contribution in [2.75, 3.05) is 13.2 Å². The van der Waals surface area contributed by atoms with Crippen LogP contribution in [0.25, 0.3) is 0 Å². The van der Waals surface area contributed by atoms with E-state index in [4.69, 9.17) is 38.6 Å². The van der Waals surface area contributed by atoms with E-state index in [1.165, 1.54) is 148 Å². The molecule has 1 rings (SSSR count). The Hall–Kier alpha value is -0.340. The molecule has 0 bridgehead atoms. The van der Waals surface area contributed by atoms with Crippen LogP contribution in [0, 0.1) is 0 Å². The first kappa shape index (κ1) is 42.7. The number of hydrogen-bond donors (Lipinski definition) is 2. The highest BCUT2D eigenvalue weighted by atomic mass is 32.1. The lowest BCUT2D eigenvalue weighted by Gasteiger charge is -2.38. The van der Waals surface area contributed by atoms with Crippen LogP contribution in [-0.2, 0) is 14.2 Å². The van der Waals surface area contributed by atoms with Gasteiger partial charge in [-0.05, 0) is 37.3 Å².